The first-order valence-electron chi connectivity index (χ1n) is 5.66. The first-order chi connectivity index (χ1) is 7.99. The van der Waals surface area contributed by atoms with Gasteiger partial charge in [0, 0.05) is 23.5 Å². The van der Waals surface area contributed by atoms with Crippen LogP contribution in [0.25, 0.3) is 0 Å². The third kappa shape index (κ3) is 2.53. The minimum Gasteiger partial charge on any atom is -0.481 e. The van der Waals surface area contributed by atoms with E-state index >= 15 is 0 Å². The Labute approximate surface area is 110 Å². The number of rotatable bonds is 2. The number of halogens is 1. The summed E-state index contributed by atoms with van der Waals surface area (Å²) in [5.41, 5.74) is 2.28. The molecule has 0 aromatic heterocycles. The second-order valence-electron chi connectivity index (χ2n) is 4.80. The SMILES string of the molecule is Cc1ccc(C2CN(C)CC2C(=O)O)c(Br)c1. The van der Waals surface area contributed by atoms with Crippen molar-refractivity contribution in [3.05, 3.63) is 33.8 Å². The van der Waals surface area contributed by atoms with Gasteiger partial charge in [0.25, 0.3) is 0 Å². The van der Waals surface area contributed by atoms with Crippen LogP contribution in [0.4, 0.5) is 0 Å². The number of aryl methyl sites for hydroxylation is 1. The highest BCUT2D eigenvalue weighted by Crippen LogP contribution is 2.36. The van der Waals surface area contributed by atoms with Gasteiger partial charge in [-0.3, -0.25) is 4.79 Å². The standard InChI is InChI=1S/C13H16BrNO2/c1-8-3-4-9(12(14)5-8)10-6-15(2)7-11(10)13(16)17/h3-5,10-11H,6-7H2,1-2H3,(H,16,17). The Hall–Kier alpha value is -0.870. The third-order valence-electron chi connectivity index (χ3n) is 3.38. The van der Waals surface area contributed by atoms with Gasteiger partial charge in [0.2, 0.25) is 0 Å². The molecule has 0 saturated carbocycles. The van der Waals surface area contributed by atoms with E-state index in [1.54, 1.807) is 0 Å². The summed E-state index contributed by atoms with van der Waals surface area (Å²) in [5, 5.41) is 9.27. The van der Waals surface area contributed by atoms with Crippen LogP contribution in [-0.2, 0) is 4.79 Å². The van der Waals surface area contributed by atoms with Crippen LogP contribution in [0.3, 0.4) is 0 Å². The number of aliphatic carboxylic acids is 1. The number of likely N-dealkylation sites (tertiary alicyclic amines) is 1. The first kappa shape index (κ1) is 12.6. The lowest BCUT2D eigenvalue weighted by Gasteiger charge is -2.17. The molecule has 1 saturated heterocycles. The Morgan fingerprint density at radius 1 is 1.47 bits per heavy atom. The molecule has 2 rings (SSSR count). The maximum atomic E-state index is 11.3. The highest BCUT2D eigenvalue weighted by Gasteiger charge is 2.37. The molecule has 1 aliphatic rings. The normalized spacial score (nSPS) is 25.1. The molecular formula is C13H16BrNO2. The van der Waals surface area contributed by atoms with Crippen LogP contribution in [0.1, 0.15) is 17.0 Å². The average molecular weight is 298 g/mol. The van der Waals surface area contributed by atoms with Gasteiger partial charge in [-0.25, -0.2) is 0 Å². The molecule has 1 aromatic rings. The molecule has 1 fully saturated rings. The number of benzene rings is 1. The molecule has 2 unspecified atom stereocenters. The van der Waals surface area contributed by atoms with E-state index in [1.165, 1.54) is 5.56 Å². The summed E-state index contributed by atoms with van der Waals surface area (Å²) in [6.07, 6.45) is 0. The molecule has 1 N–H and O–H groups in total. The van der Waals surface area contributed by atoms with E-state index in [0.717, 1.165) is 16.6 Å². The van der Waals surface area contributed by atoms with Crippen molar-refractivity contribution in [1.82, 2.24) is 4.90 Å². The fraction of sp³-hybridized carbons (Fsp3) is 0.462. The molecule has 4 heteroatoms. The summed E-state index contributed by atoms with van der Waals surface area (Å²) >= 11 is 3.54. The molecule has 3 nitrogen and oxygen atoms in total. The van der Waals surface area contributed by atoms with Crippen molar-refractivity contribution in [1.29, 1.82) is 0 Å². The van der Waals surface area contributed by atoms with Gasteiger partial charge in [0.15, 0.2) is 0 Å². The lowest BCUT2D eigenvalue weighted by atomic mass is 9.88. The monoisotopic (exact) mass is 297 g/mol. The van der Waals surface area contributed by atoms with Crippen molar-refractivity contribution in [2.24, 2.45) is 5.92 Å². The summed E-state index contributed by atoms with van der Waals surface area (Å²) in [6.45, 7) is 3.46. The Morgan fingerprint density at radius 3 is 2.76 bits per heavy atom. The largest absolute Gasteiger partial charge is 0.481 e. The third-order valence-corrected chi connectivity index (χ3v) is 4.06. The lowest BCUT2D eigenvalue weighted by Crippen LogP contribution is -2.21. The second-order valence-corrected chi connectivity index (χ2v) is 5.65. The lowest BCUT2D eigenvalue weighted by molar-refractivity contribution is -0.141. The molecule has 1 aromatic carbocycles. The fourth-order valence-electron chi connectivity index (χ4n) is 2.50. The van der Waals surface area contributed by atoms with E-state index in [0.29, 0.717) is 6.54 Å². The molecule has 0 amide bonds. The molecule has 92 valence electrons. The van der Waals surface area contributed by atoms with Gasteiger partial charge in [-0.15, -0.1) is 0 Å². The van der Waals surface area contributed by atoms with Crippen LogP contribution in [0.2, 0.25) is 0 Å². The highest BCUT2D eigenvalue weighted by molar-refractivity contribution is 9.10. The second kappa shape index (κ2) is 4.78. The smallest absolute Gasteiger partial charge is 0.308 e. The molecule has 1 heterocycles. The zero-order valence-corrected chi connectivity index (χ0v) is 11.6. The number of carbonyl (C=O) groups is 1. The molecule has 0 radical (unpaired) electrons. The van der Waals surface area contributed by atoms with Crippen LogP contribution >= 0.6 is 15.9 Å². The average Bonchev–Trinajstić information content (AvgIpc) is 2.60. The predicted octanol–water partition coefficient (Wildman–Crippen LogP) is 2.49. The minimum absolute atomic E-state index is 0.0764. The van der Waals surface area contributed by atoms with Gasteiger partial charge < -0.3 is 10.0 Å². The molecule has 17 heavy (non-hydrogen) atoms. The Balaban J connectivity index is 2.34. The summed E-state index contributed by atoms with van der Waals surface area (Å²) in [6, 6.07) is 6.13. The molecular weight excluding hydrogens is 282 g/mol. The minimum atomic E-state index is -0.702. The Bertz CT molecular complexity index is 447. The van der Waals surface area contributed by atoms with Gasteiger partial charge in [-0.1, -0.05) is 28.1 Å². The predicted molar refractivity (Wildman–Crippen MR) is 70.2 cm³/mol. The number of carboxylic acid groups (broad SMARTS) is 1. The van der Waals surface area contributed by atoms with E-state index in [-0.39, 0.29) is 11.8 Å². The van der Waals surface area contributed by atoms with Crippen molar-refractivity contribution in [2.45, 2.75) is 12.8 Å². The molecule has 0 spiro atoms. The quantitative estimate of drug-likeness (QED) is 0.912. The Morgan fingerprint density at radius 2 is 2.18 bits per heavy atom. The van der Waals surface area contributed by atoms with Crippen molar-refractivity contribution in [3.63, 3.8) is 0 Å². The molecule has 2 atom stereocenters. The summed E-state index contributed by atoms with van der Waals surface area (Å²) in [4.78, 5) is 13.3. The van der Waals surface area contributed by atoms with Gasteiger partial charge in [0.05, 0.1) is 5.92 Å². The molecule has 0 bridgehead atoms. The van der Waals surface area contributed by atoms with Gasteiger partial charge in [0.1, 0.15) is 0 Å². The maximum absolute atomic E-state index is 11.3. The number of carboxylic acids is 1. The van der Waals surface area contributed by atoms with E-state index < -0.39 is 5.97 Å². The number of nitrogens with zero attached hydrogens (tertiary/aromatic N) is 1. The van der Waals surface area contributed by atoms with E-state index in [9.17, 15) is 9.90 Å². The van der Waals surface area contributed by atoms with E-state index in [4.69, 9.17) is 0 Å². The number of hydrogen-bond donors (Lipinski definition) is 1. The maximum Gasteiger partial charge on any atom is 0.308 e. The van der Waals surface area contributed by atoms with Gasteiger partial charge >= 0.3 is 5.97 Å². The van der Waals surface area contributed by atoms with E-state index in [2.05, 4.69) is 20.8 Å². The van der Waals surface area contributed by atoms with Crippen LogP contribution in [0.5, 0.6) is 0 Å². The summed E-state index contributed by atoms with van der Waals surface area (Å²) < 4.78 is 1.02. The van der Waals surface area contributed by atoms with Crippen molar-refractivity contribution >= 4 is 21.9 Å². The van der Waals surface area contributed by atoms with Crippen LogP contribution in [0.15, 0.2) is 22.7 Å². The van der Waals surface area contributed by atoms with Crippen molar-refractivity contribution in [2.75, 3.05) is 20.1 Å². The Kier molecular flexibility index (Phi) is 3.54. The van der Waals surface area contributed by atoms with Gasteiger partial charge in [-0.2, -0.15) is 0 Å². The van der Waals surface area contributed by atoms with Crippen LogP contribution in [0, 0.1) is 12.8 Å². The van der Waals surface area contributed by atoms with Crippen molar-refractivity contribution < 1.29 is 9.90 Å². The summed E-state index contributed by atoms with van der Waals surface area (Å²) in [5.74, 6) is -0.932. The number of likely N-dealkylation sites (N-methyl/N-ethyl adjacent to an activating group) is 1. The molecule has 1 aliphatic heterocycles. The van der Waals surface area contributed by atoms with Crippen LogP contribution in [-0.4, -0.2) is 36.1 Å². The fourth-order valence-corrected chi connectivity index (χ4v) is 3.29. The zero-order valence-electron chi connectivity index (χ0n) is 9.98. The summed E-state index contributed by atoms with van der Waals surface area (Å²) in [7, 11) is 1.97. The van der Waals surface area contributed by atoms with Crippen LogP contribution < -0.4 is 0 Å². The highest BCUT2D eigenvalue weighted by atomic mass is 79.9. The first-order valence-corrected chi connectivity index (χ1v) is 6.45. The van der Waals surface area contributed by atoms with Crippen molar-refractivity contribution in [3.8, 4) is 0 Å². The number of hydrogen-bond acceptors (Lipinski definition) is 2. The molecule has 0 aliphatic carbocycles. The van der Waals surface area contributed by atoms with Gasteiger partial charge in [-0.05, 0) is 31.2 Å². The topological polar surface area (TPSA) is 40.5 Å². The zero-order chi connectivity index (χ0) is 12.6. The van der Waals surface area contributed by atoms with E-state index in [1.807, 2.05) is 32.2 Å².